The fourth-order valence-corrected chi connectivity index (χ4v) is 4.19. The summed E-state index contributed by atoms with van der Waals surface area (Å²) in [6, 6.07) is 5.08. The molecule has 0 N–H and O–H groups in total. The van der Waals surface area contributed by atoms with E-state index in [9.17, 15) is 4.79 Å². The van der Waals surface area contributed by atoms with Crippen LogP contribution in [0.5, 0.6) is 5.75 Å². The fraction of sp³-hybridized carbons (Fsp3) is 0.357. The van der Waals surface area contributed by atoms with Crippen molar-refractivity contribution in [1.82, 2.24) is 0 Å². The van der Waals surface area contributed by atoms with E-state index < -0.39 is 12.3 Å². The summed E-state index contributed by atoms with van der Waals surface area (Å²) in [6.07, 6.45) is 0. The average molecular weight is 363 g/mol. The van der Waals surface area contributed by atoms with Crippen LogP contribution in [0, 0.1) is 6.92 Å². The number of hydrogen-bond donors (Lipinski definition) is 0. The van der Waals surface area contributed by atoms with Crippen molar-refractivity contribution in [2.24, 2.45) is 0 Å². The number of aryl methyl sites for hydroxylation is 1. The van der Waals surface area contributed by atoms with Gasteiger partial charge < -0.3 is 8.94 Å². The molecule has 120 valence electrons. The van der Waals surface area contributed by atoms with Crippen LogP contribution in [0.25, 0.3) is 11.0 Å². The van der Waals surface area contributed by atoms with E-state index in [0.717, 1.165) is 0 Å². The predicted octanol–water partition coefficient (Wildman–Crippen LogP) is 4.43. The molecule has 2 rings (SSSR count). The fourth-order valence-electron chi connectivity index (χ4n) is 1.98. The van der Waals surface area contributed by atoms with E-state index in [4.69, 9.17) is 41.4 Å². The van der Waals surface area contributed by atoms with Crippen molar-refractivity contribution in [2.45, 2.75) is 20.8 Å². The summed E-state index contributed by atoms with van der Waals surface area (Å²) in [6.45, 7) is 3.17. The highest BCUT2D eigenvalue weighted by Crippen LogP contribution is 2.51. The standard InChI is InChI=1S/C14H16ClO5PS/c1-4-17-21(22,18-5-2)20-11-8-6-7-10-12(11)9(3)13(15)14(16)19-10/h6-8H,4-5H2,1-3H3. The van der Waals surface area contributed by atoms with Crippen LogP contribution in [0.1, 0.15) is 19.4 Å². The van der Waals surface area contributed by atoms with E-state index in [1.54, 1.807) is 25.1 Å². The first kappa shape index (κ1) is 17.4. The summed E-state index contributed by atoms with van der Waals surface area (Å²) in [5.74, 6) is 0.422. The summed E-state index contributed by atoms with van der Waals surface area (Å²) in [4.78, 5) is 11.7. The number of rotatable bonds is 6. The zero-order valence-electron chi connectivity index (χ0n) is 12.4. The molecule has 0 saturated heterocycles. The number of fused-ring (bicyclic) bond motifs is 1. The minimum Gasteiger partial charge on any atom is -0.423 e. The van der Waals surface area contributed by atoms with Crippen molar-refractivity contribution in [3.63, 3.8) is 0 Å². The van der Waals surface area contributed by atoms with Gasteiger partial charge in [-0.1, -0.05) is 17.7 Å². The van der Waals surface area contributed by atoms with Gasteiger partial charge in [-0.3, -0.25) is 9.05 Å². The van der Waals surface area contributed by atoms with Crippen LogP contribution in [0.4, 0.5) is 0 Å². The average Bonchev–Trinajstić information content (AvgIpc) is 2.45. The maximum atomic E-state index is 11.7. The minimum atomic E-state index is -2.92. The Labute approximate surface area is 138 Å². The Balaban J connectivity index is 2.59. The van der Waals surface area contributed by atoms with Gasteiger partial charge in [0.25, 0.3) is 0 Å². The molecule has 8 heteroatoms. The second kappa shape index (κ2) is 7.11. The second-order valence-corrected chi connectivity index (χ2v) is 7.64. The first-order valence-corrected chi connectivity index (χ1v) is 9.66. The molecule has 5 nitrogen and oxygen atoms in total. The smallest absolute Gasteiger partial charge is 0.380 e. The van der Waals surface area contributed by atoms with E-state index in [1.165, 1.54) is 0 Å². The van der Waals surface area contributed by atoms with Gasteiger partial charge in [0.1, 0.15) is 16.4 Å². The zero-order valence-corrected chi connectivity index (χ0v) is 14.9. The van der Waals surface area contributed by atoms with Crippen molar-refractivity contribution in [3.05, 3.63) is 39.2 Å². The van der Waals surface area contributed by atoms with Gasteiger partial charge in [0, 0.05) is 11.8 Å². The largest absolute Gasteiger partial charge is 0.423 e. The van der Waals surface area contributed by atoms with Gasteiger partial charge in [-0.15, -0.1) is 0 Å². The molecule has 1 heterocycles. The molecule has 0 aliphatic carbocycles. The van der Waals surface area contributed by atoms with Gasteiger partial charge >= 0.3 is 12.3 Å². The van der Waals surface area contributed by atoms with Crippen LogP contribution in [0.3, 0.4) is 0 Å². The highest BCUT2D eigenvalue weighted by Gasteiger charge is 2.24. The van der Waals surface area contributed by atoms with Gasteiger partial charge in [-0.25, -0.2) is 4.79 Å². The third-order valence-corrected chi connectivity index (χ3v) is 5.72. The van der Waals surface area contributed by atoms with Crippen molar-refractivity contribution in [2.75, 3.05) is 13.2 Å². The molecule has 0 saturated carbocycles. The Hall–Kier alpha value is -0.910. The van der Waals surface area contributed by atoms with Gasteiger partial charge in [0.15, 0.2) is 0 Å². The van der Waals surface area contributed by atoms with Gasteiger partial charge in [0.05, 0.1) is 18.6 Å². The molecule has 22 heavy (non-hydrogen) atoms. The minimum absolute atomic E-state index is 0.0182. The summed E-state index contributed by atoms with van der Waals surface area (Å²) in [5.41, 5.74) is 0.356. The summed E-state index contributed by atoms with van der Waals surface area (Å²) in [7, 11) is 0. The van der Waals surface area contributed by atoms with E-state index in [2.05, 4.69) is 0 Å². The normalized spacial score (nSPS) is 11.8. The lowest BCUT2D eigenvalue weighted by molar-refractivity contribution is 0.218. The van der Waals surface area contributed by atoms with Crippen LogP contribution >= 0.6 is 18.3 Å². The highest BCUT2D eigenvalue weighted by atomic mass is 35.5. The van der Waals surface area contributed by atoms with Crippen molar-refractivity contribution < 1.29 is 18.0 Å². The monoisotopic (exact) mass is 362 g/mol. The quantitative estimate of drug-likeness (QED) is 0.559. The van der Waals surface area contributed by atoms with E-state index in [-0.39, 0.29) is 5.02 Å². The summed E-state index contributed by atoms with van der Waals surface area (Å²) < 4.78 is 22.0. The van der Waals surface area contributed by atoms with Crippen molar-refractivity contribution in [3.8, 4) is 5.75 Å². The van der Waals surface area contributed by atoms with Crippen LogP contribution < -0.4 is 10.1 Å². The molecule has 0 atom stereocenters. The SMILES string of the molecule is CCOP(=S)(OCC)Oc1cccc2oc(=O)c(Cl)c(C)c12. The third kappa shape index (κ3) is 3.53. The van der Waals surface area contributed by atoms with Crippen molar-refractivity contribution in [1.29, 1.82) is 0 Å². The topological polar surface area (TPSA) is 57.9 Å². The molecular formula is C14H16ClO5PS. The lowest BCUT2D eigenvalue weighted by Crippen LogP contribution is -2.05. The lowest BCUT2D eigenvalue weighted by Gasteiger charge is -2.22. The first-order valence-electron chi connectivity index (χ1n) is 6.72. The maximum Gasteiger partial charge on any atom is 0.380 e. The predicted molar refractivity (Wildman–Crippen MR) is 90.4 cm³/mol. The van der Waals surface area contributed by atoms with E-state index in [1.807, 2.05) is 13.8 Å². The molecule has 0 bridgehead atoms. The van der Waals surface area contributed by atoms with Crippen LogP contribution in [-0.2, 0) is 20.9 Å². The third-order valence-electron chi connectivity index (χ3n) is 2.86. The van der Waals surface area contributed by atoms with E-state index >= 15 is 0 Å². The molecular weight excluding hydrogens is 347 g/mol. The molecule has 0 aliphatic heterocycles. The van der Waals surface area contributed by atoms with E-state index in [0.29, 0.717) is 35.5 Å². The first-order chi connectivity index (χ1) is 10.4. The Bertz CT molecular complexity index is 779. The van der Waals surface area contributed by atoms with Crippen LogP contribution in [0.15, 0.2) is 27.4 Å². The highest BCUT2D eigenvalue weighted by molar-refractivity contribution is 8.07. The molecule has 1 aromatic carbocycles. The number of hydrogen-bond acceptors (Lipinski definition) is 6. The Morgan fingerprint density at radius 2 is 1.91 bits per heavy atom. The molecule has 0 spiro atoms. The molecule has 0 unspecified atom stereocenters. The zero-order chi connectivity index (χ0) is 16.3. The van der Waals surface area contributed by atoms with Gasteiger partial charge in [-0.05, 0) is 38.5 Å². The van der Waals surface area contributed by atoms with Crippen LogP contribution in [-0.4, -0.2) is 13.2 Å². The Kier molecular flexibility index (Phi) is 5.64. The molecule has 2 aromatic rings. The number of halogens is 1. The molecule has 0 fully saturated rings. The second-order valence-electron chi connectivity index (χ2n) is 4.33. The molecule has 0 radical (unpaired) electrons. The molecule has 1 aromatic heterocycles. The van der Waals surface area contributed by atoms with Gasteiger partial charge in [0.2, 0.25) is 0 Å². The summed E-state index contributed by atoms with van der Waals surface area (Å²) >= 11 is 11.3. The molecule has 0 amide bonds. The number of benzene rings is 1. The lowest BCUT2D eigenvalue weighted by atomic mass is 10.1. The Morgan fingerprint density at radius 3 is 2.50 bits per heavy atom. The molecule has 0 aliphatic rings. The van der Waals surface area contributed by atoms with Crippen molar-refractivity contribution >= 4 is 41.1 Å². The Morgan fingerprint density at radius 1 is 1.27 bits per heavy atom. The maximum absolute atomic E-state index is 11.7. The summed E-state index contributed by atoms with van der Waals surface area (Å²) in [5, 5.41) is 0.602. The van der Waals surface area contributed by atoms with Crippen LogP contribution in [0.2, 0.25) is 5.02 Å². The van der Waals surface area contributed by atoms with Gasteiger partial charge in [-0.2, -0.15) is 0 Å².